The normalized spacial score (nSPS) is 13.1. The summed E-state index contributed by atoms with van der Waals surface area (Å²) in [7, 11) is 1.71. The van der Waals surface area contributed by atoms with Crippen LogP contribution in [0.4, 0.5) is 4.39 Å². The van der Waals surface area contributed by atoms with E-state index in [1.54, 1.807) is 31.4 Å². The highest BCUT2D eigenvalue weighted by Gasteiger charge is 2.12. The first-order chi connectivity index (χ1) is 14.1. The van der Waals surface area contributed by atoms with Gasteiger partial charge in [-0.25, -0.2) is 9.07 Å². The Morgan fingerprint density at radius 1 is 1.17 bits per heavy atom. The highest BCUT2D eigenvalue weighted by atomic mass is 127. The molecule has 2 N–H and O–H groups in total. The van der Waals surface area contributed by atoms with Crippen LogP contribution in [0.3, 0.4) is 0 Å². The summed E-state index contributed by atoms with van der Waals surface area (Å²) in [6.45, 7) is 4.42. The van der Waals surface area contributed by atoms with Crippen LogP contribution in [0.25, 0.3) is 5.69 Å². The summed E-state index contributed by atoms with van der Waals surface area (Å²) in [6.07, 6.45) is 3.43. The SMILES string of the molecule is CN=C(NCC(C)Oc1ccccc1F)NC(C)c1cccc(-n2cccn2)c1.I. The van der Waals surface area contributed by atoms with Crippen LogP contribution in [0.15, 0.2) is 72.0 Å². The molecule has 6 nitrogen and oxygen atoms in total. The third-order valence-corrected chi connectivity index (χ3v) is 4.44. The van der Waals surface area contributed by atoms with Gasteiger partial charge in [0.05, 0.1) is 18.3 Å². The lowest BCUT2D eigenvalue weighted by Crippen LogP contribution is -2.42. The molecule has 0 aliphatic rings. The molecule has 1 heterocycles. The van der Waals surface area contributed by atoms with E-state index in [1.165, 1.54) is 6.07 Å². The van der Waals surface area contributed by atoms with Gasteiger partial charge in [0.15, 0.2) is 17.5 Å². The zero-order valence-electron chi connectivity index (χ0n) is 17.2. The molecule has 3 rings (SSSR count). The van der Waals surface area contributed by atoms with E-state index in [2.05, 4.69) is 39.8 Å². The third kappa shape index (κ3) is 6.45. The Morgan fingerprint density at radius 3 is 2.67 bits per heavy atom. The Morgan fingerprint density at radius 2 is 1.97 bits per heavy atom. The molecular formula is C22H27FIN5O. The van der Waals surface area contributed by atoms with Gasteiger partial charge in [-0.2, -0.15) is 5.10 Å². The van der Waals surface area contributed by atoms with Crippen LogP contribution in [-0.4, -0.2) is 35.4 Å². The standard InChI is InChI=1S/C22H26FN5O.HI/c1-16(29-21-11-5-4-10-20(21)23)15-25-22(24-3)27-17(2)18-8-6-9-19(14-18)28-13-7-12-26-28;/h4-14,16-17H,15H2,1-3H3,(H2,24,25,27);1H. The quantitative estimate of drug-likeness (QED) is 0.275. The second-order valence-electron chi connectivity index (χ2n) is 6.72. The fraction of sp³-hybridized carbons (Fsp3) is 0.273. The van der Waals surface area contributed by atoms with Crippen LogP contribution in [0.5, 0.6) is 5.75 Å². The molecule has 0 radical (unpaired) electrons. The number of para-hydroxylation sites is 1. The second-order valence-corrected chi connectivity index (χ2v) is 6.72. The molecule has 0 amide bonds. The number of halogens is 2. The Balaban J connectivity index is 0.00000320. The van der Waals surface area contributed by atoms with Crippen molar-refractivity contribution in [1.82, 2.24) is 20.4 Å². The van der Waals surface area contributed by atoms with E-state index in [0.717, 1.165) is 11.3 Å². The molecular weight excluding hydrogens is 496 g/mol. The molecule has 30 heavy (non-hydrogen) atoms. The lowest BCUT2D eigenvalue weighted by molar-refractivity contribution is 0.214. The summed E-state index contributed by atoms with van der Waals surface area (Å²) < 4.78 is 21.2. The molecule has 0 aliphatic heterocycles. The number of aromatic nitrogens is 2. The first-order valence-corrected chi connectivity index (χ1v) is 9.55. The zero-order valence-corrected chi connectivity index (χ0v) is 19.6. The zero-order chi connectivity index (χ0) is 20.6. The maximum Gasteiger partial charge on any atom is 0.191 e. The van der Waals surface area contributed by atoms with Crippen molar-refractivity contribution >= 4 is 29.9 Å². The molecule has 2 unspecified atom stereocenters. The van der Waals surface area contributed by atoms with E-state index in [4.69, 9.17) is 4.74 Å². The van der Waals surface area contributed by atoms with Crippen LogP contribution in [-0.2, 0) is 0 Å². The average molecular weight is 523 g/mol. The molecule has 8 heteroatoms. The van der Waals surface area contributed by atoms with E-state index in [9.17, 15) is 4.39 Å². The summed E-state index contributed by atoms with van der Waals surface area (Å²) in [5.74, 6) is 0.520. The highest BCUT2D eigenvalue weighted by molar-refractivity contribution is 14.0. The number of ether oxygens (including phenoxy) is 1. The van der Waals surface area contributed by atoms with Gasteiger partial charge in [-0.15, -0.1) is 24.0 Å². The van der Waals surface area contributed by atoms with Crippen molar-refractivity contribution in [2.24, 2.45) is 4.99 Å². The molecule has 0 bridgehead atoms. The van der Waals surface area contributed by atoms with Gasteiger partial charge in [0.1, 0.15) is 6.10 Å². The number of guanidine groups is 1. The lowest BCUT2D eigenvalue weighted by atomic mass is 10.1. The van der Waals surface area contributed by atoms with Crippen molar-refractivity contribution in [2.75, 3.05) is 13.6 Å². The smallest absolute Gasteiger partial charge is 0.191 e. The van der Waals surface area contributed by atoms with E-state index >= 15 is 0 Å². The van der Waals surface area contributed by atoms with Crippen molar-refractivity contribution in [3.8, 4) is 11.4 Å². The minimum atomic E-state index is -0.368. The number of hydrogen-bond donors (Lipinski definition) is 2. The number of hydrogen-bond acceptors (Lipinski definition) is 3. The number of nitrogens with one attached hydrogen (secondary N) is 2. The van der Waals surface area contributed by atoms with Crippen molar-refractivity contribution in [2.45, 2.75) is 26.0 Å². The lowest BCUT2D eigenvalue weighted by Gasteiger charge is -2.21. The van der Waals surface area contributed by atoms with E-state index in [0.29, 0.717) is 12.5 Å². The van der Waals surface area contributed by atoms with Gasteiger partial charge in [0, 0.05) is 19.4 Å². The molecule has 0 saturated heterocycles. The maximum atomic E-state index is 13.7. The highest BCUT2D eigenvalue weighted by Crippen LogP contribution is 2.17. The predicted molar refractivity (Wildman–Crippen MR) is 128 cm³/mol. The monoisotopic (exact) mass is 523 g/mol. The molecule has 0 aliphatic carbocycles. The first-order valence-electron chi connectivity index (χ1n) is 9.55. The van der Waals surface area contributed by atoms with Gasteiger partial charge in [0.2, 0.25) is 0 Å². The van der Waals surface area contributed by atoms with Crippen molar-refractivity contribution in [3.63, 3.8) is 0 Å². The second kappa shape index (κ2) is 11.5. The summed E-state index contributed by atoms with van der Waals surface area (Å²) in [5, 5.41) is 10.9. The molecule has 2 atom stereocenters. The van der Waals surface area contributed by atoms with Gasteiger partial charge >= 0.3 is 0 Å². The summed E-state index contributed by atoms with van der Waals surface area (Å²) in [4.78, 5) is 4.27. The van der Waals surface area contributed by atoms with Gasteiger partial charge in [-0.05, 0) is 49.7 Å². The number of rotatable bonds is 7. The third-order valence-electron chi connectivity index (χ3n) is 4.44. The fourth-order valence-corrected chi connectivity index (χ4v) is 2.88. The number of nitrogens with zero attached hydrogens (tertiary/aromatic N) is 3. The Hall–Kier alpha value is -2.62. The van der Waals surface area contributed by atoms with E-state index in [1.807, 2.05) is 36.0 Å². The Labute approximate surface area is 193 Å². The van der Waals surface area contributed by atoms with E-state index in [-0.39, 0.29) is 47.7 Å². The molecule has 2 aromatic carbocycles. The van der Waals surface area contributed by atoms with Crippen molar-refractivity contribution in [3.05, 3.63) is 78.4 Å². The minimum Gasteiger partial charge on any atom is -0.486 e. The molecule has 3 aromatic rings. The van der Waals surface area contributed by atoms with Crippen LogP contribution in [0, 0.1) is 5.82 Å². The Kier molecular flexibility index (Phi) is 9.10. The summed E-state index contributed by atoms with van der Waals surface area (Å²) in [5.41, 5.74) is 2.10. The van der Waals surface area contributed by atoms with Crippen LogP contribution in [0.1, 0.15) is 25.5 Å². The van der Waals surface area contributed by atoms with Gasteiger partial charge in [-0.3, -0.25) is 4.99 Å². The van der Waals surface area contributed by atoms with Crippen LogP contribution >= 0.6 is 24.0 Å². The van der Waals surface area contributed by atoms with Crippen LogP contribution in [0.2, 0.25) is 0 Å². The summed E-state index contributed by atoms with van der Waals surface area (Å²) >= 11 is 0. The van der Waals surface area contributed by atoms with Gasteiger partial charge < -0.3 is 15.4 Å². The summed E-state index contributed by atoms with van der Waals surface area (Å²) in [6, 6.07) is 16.5. The molecule has 0 spiro atoms. The average Bonchev–Trinajstić information content (AvgIpc) is 3.27. The van der Waals surface area contributed by atoms with Gasteiger partial charge in [0.25, 0.3) is 0 Å². The molecule has 0 saturated carbocycles. The molecule has 1 aromatic heterocycles. The largest absolute Gasteiger partial charge is 0.486 e. The first kappa shape index (κ1) is 23.7. The van der Waals surface area contributed by atoms with Crippen LogP contribution < -0.4 is 15.4 Å². The molecule has 160 valence electrons. The van der Waals surface area contributed by atoms with Crippen molar-refractivity contribution in [1.29, 1.82) is 0 Å². The van der Waals surface area contributed by atoms with Crippen molar-refractivity contribution < 1.29 is 9.13 Å². The van der Waals surface area contributed by atoms with E-state index < -0.39 is 0 Å². The Bertz CT molecular complexity index is 948. The predicted octanol–water partition coefficient (Wildman–Crippen LogP) is 4.32. The minimum absolute atomic E-state index is 0. The fourth-order valence-electron chi connectivity index (χ4n) is 2.88. The van der Waals surface area contributed by atoms with Gasteiger partial charge in [-0.1, -0.05) is 24.3 Å². The maximum absolute atomic E-state index is 13.7. The number of aliphatic imine (C=N–C) groups is 1. The topological polar surface area (TPSA) is 63.5 Å². The number of benzene rings is 2. The molecule has 0 fully saturated rings.